The van der Waals surface area contributed by atoms with Gasteiger partial charge in [-0.05, 0) is 42.3 Å². The number of amides is 2. The Labute approximate surface area is 169 Å². The van der Waals surface area contributed by atoms with E-state index in [0.29, 0.717) is 19.5 Å². The first-order valence-corrected chi connectivity index (χ1v) is 10.1. The molecule has 0 saturated carbocycles. The number of benzene rings is 2. The minimum Gasteiger partial charge on any atom is -0.368 e. The summed E-state index contributed by atoms with van der Waals surface area (Å²) in [5, 5.41) is 4.03. The van der Waals surface area contributed by atoms with Crippen molar-refractivity contribution >= 4 is 34.1 Å². The molecule has 3 heterocycles. The number of piperazine rings is 1. The van der Waals surface area contributed by atoms with Gasteiger partial charge in [-0.1, -0.05) is 18.2 Å². The summed E-state index contributed by atoms with van der Waals surface area (Å²) in [5.74, 6) is 0.183. The van der Waals surface area contributed by atoms with Crippen molar-refractivity contribution in [2.24, 2.45) is 7.05 Å². The van der Waals surface area contributed by atoms with Gasteiger partial charge in [0.1, 0.15) is 5.69 Å². The molecule has 1 N–H and O–H groups in total. The Bertz CT molecular complexity index is 1110. The van der Waals surface area contributed by atoms with E-state index in [2.05, 4.69) is 22.3 Å². The van der Waals surface area contributed by atoms with Gasteiger partial charge in [-0.3, -0.25) is 9.59 Å². The van der Waals surface area contributed by atoms with Crippen LogP contribution in [0.15, 0.2) is 48.5 Å². The largest absolute Gasteiger partial charge is 0.368 e. The first-order chi connectivity index (χ1) is 14.1. The molecule has 0 bridgehead atoms. The van der Waals surface area contributed by atoms with Crippen molar-refractivity contribution in [1.82, 2.24) is 9.47 Å². The van der Waals surface area contributed by atoms with Gasteiger partial charge in [0.25, 0.3) is 5.91 Å². The first-order valence-electron chi connectivity index (χ1n) is 10.1. The normalized spacial score (nSPS) is 16.7. The molecule has 0 atom stereocenters. The molecule has 5 rings (SSSR count). The quantitative estimate of drug-likeness (QED) is 0.734. The Morgan fingerprint density at radius 1 is 0.966 bits per heavy atom. The van der Waals surface area contributed by atoms with Crippen LogP contribution in [-0.4, -0.2) is 47.5 Å². The Morgan fingerprint density at radius 2 is 1.76 bits per heavy atom. The Kier molecular flexibility index (Phi) is 4.27. The monoisotopic (exact) mass is 388 g/mol. The van der Waals surface area contributed by atoms with Crippen LogP contribution in [0.5, 0.6) is 0 Å². The lowest BCUT2D eigenvalue weighted by Crippen LogP contribution is -2.49. The molecule has 0 unspecified atom stereocenters. The molecule has 2 aromatic carbocycles. The van der Waals surface area contributed by atoms with Gasteiger partial charge in [0.15, 0.2) is 0 Å². The molecule has 3 aromatic rings. The van der Waals surface area contributed by atoms with Gasteiger partial charge in [-0.15, -0.1) is 0 Å². The number of hydrogen-bond acceptors (Lipinski definition) is 3. The number of anilines is 2. The second kappa shape index (κ2) is 6.95. The number of fused-ring (bicyclic) bond motifs is 2. The number of nitrogens with zero attached hydrogens (tertiary/aromatic N) is 3. The highest BCUT2D eigenvalue weighted by Gasteiger charge is 2.25. The third-order valence-corrected chi connectivity index (χ3v) is 6.09. The lowest BCUT2D eigenvalue weighted by Gasteiger charge is -2.36. The number of nitrogens with one attached hydrogen (secondary N) is 1. The van der Waals surface area contributed by atoms with E-state index < -0.39 is 0 Å². The molecular formula is C23H24N4O2. The lowest BCUT2D eigenvalue weighted by atomic mass is 10.0. The van der Waals surface area contributed by atoms with Crippen molar-refractivity contribution in [1.29, 1.82) is 0 Å². The molecule has 2 aliphatic rings. The van der Waals surface area contributed by atoms with Gasteiger partial charge >= 0.3 is 0 Å². The number of aromatic nitrogens is 1. The summed E-state index contributed by atoms with van der Waals surface area (Å²) < 4.78 is 1.99. The maximum Gasteiger partial charge on any atom is 0.270 e. The van der Waals surface area contributed by atoms with Crippen molar-refractivity contribution < 1.29 is 9.59 Å². The molecule has 1 fully saturated rings. The van der Waals surface area contributed by atoms with E-state index in [1.54, 1.807) is 0 Å². The Morgan fingerprint density at radius 3 is 2.55 bits per heavy atom. The van der Waals surface area contributed by atoms with Crippen LogP contribution in [0.1, 0.15) is 22.5 Å². The second-order valence-electron chi connectivity index (χ2n) is 7.82. The second-order valence-corrected chi connectivity index (χ2v) is 7.82. The molecule has 0 spiro atoms. The van der Waals surface area contributed by atoms with Crippen LogP contribution in [-0.2, 0) is 18.3 Å². The highest BCUT2D eigenvalue weighted by Crippen LogP contribution is 2.28. The van der Waals surface area contributed by atoms with Gasteiger partial charge in [-0.2, -0.15) is 0 Å². The van der Waals surface area contributed by atoms with Crippen LogP contribution in [0, 0.1) is 0 Å². The van der Waals surface area contributed by atoms with Crippen LogP contribution in [0.2, 0.25) is 0 Å². The molecule has 0 aliphatic carbocycles. The average Bonchev–Trinajstić information content (AvgIpc) is 3.10. The molecule has 1 aromatic heterocycles. The van der Waals surface area contributed by atoms with Crippen LogP contribution in [0.25, 0.3) is 10.9 Å². The van der Waals surface area contributed by atoms with Crippen LogP contribution >= 0.6 is 0 Å². The topological polar surface area (TPSA) is 57.6 Å². The highest BCUT2D eigenvalue weighted by molar-refractivity contribution is 5.99. The fourth-order valence-electron chi connectivity index (χ4n) is 4.39. The van der Waals surface area contributed by atoms with Crippen LogP contribution in [0.4, 0.5) is 11.4 Å². The standard InChI is InChI=1S/C23H24N4O2/c1-25-20-5-3-2-4-17(20)15-21(25)23(29)27-12-10-26(11-13-27)18-7-8-19-16(14-18)6-9-22(28)24-19/h2-5,7-8,14-15H,6,9-13H2,1H3,(H,24,28). The van der Waals surface area contributed by atoms with Gasteiger partial charge in [-0.25, -0.2) is 0 Å². The number of aryl methyl sites for hydroxylation is 2. The van der Waals surface area contributed by atoms with E-state index in [-0.39, 0.29) is 11.8 Å². The molecule has 148 valence electrons. The smallest absolute Gasteiger partial charge is 0.270 e. The van der Waals surface area contributed by atoms with E-state index >= 15 is 0 Å². The molecule has 2 amide bonds. The lowest BCUT2D eigenvalue weighted by molar-refractivity contribution is -0.116. The number of carbonyl (C=O) groups excluding carboxylic acids is 2. The molecule has 2 aliphatic heterocycles. The maximum absolute atomic E-state index is 13.1. The zero-order chi connectivity index (χ0) is 20.0. The van der Waals surface area contributed by atoms with E-state index in [9.17, 15) is 9.59 Å². The van der Waals surface area contributed by atoms with Crippen molar-refractivity contribution in [3.63, 3.8) is 0 Å². The van der Waals surface area contributed by atoms with E-state index in [1.165, 1.54) is 5.56 Å². The third kappa shape index (κ3) is 3.14. The van der Waals surface area contributed by atoms with Crippen LogP contribution < -0.4 is 10.2 Å². The summed E-state index contributed by atoms with van der Waals surface area (Å²) in [7, 11) is 1.96. The minimum absolute atomic E-state index is 0.0886. The first kappa shape index (κ1) is 17.8. The number of hydrogen-bond donors (Lipinski definition) is 1. The Balaban J connectivity index is 1.29. The summed E-state index contributed by atoms with van der Waals surface area (Å²) in [4.78, 5) is 28.9. The predicted octanol–water partition coefficient (Wildman–Crippen LogP) is 3.03. The average molecular weight is 388 g/mol. The summed E-state index contributed by atoms with van der Waals surface area (Å²) in [6, 6.07) is 16.3. The van der Waals surface area contributed by atoms with E-state index in [1.807, 2.05) is 52.9 Å². The van der Waals surface area contributed by atoms with Crippen molar-refractivity contribution in [2.75, 3.05) is 36.4 Å². The molecule has 6 nitrogen and oxygen atoms in total. The third-order valence-electron chi connectivity index (χ3n) is 6.09. The van der Waals surface area contributed by atoms with Crippen molar-refractivity contribution in [3.05, 3.63) is 59.8 Å². The van der Waals surface area contributed by atoms with Crippen LogP contribution in [0.3, 0.4) is 0 Å². The SMILES string of the molecule is Cn1c(C(=O)N2CCN(c3ccc4c(c3)CCC(=O)N4)CC2)cc2ccccc21. The van der Waals surface area contributed by atoms with Gasteiger partial charge in [0.05, 0.1) is 0 Å². The molecular weight excluding hydrogens is 364 g/mol. The van der Waals surface area contributed by atoms with E-state index in [4.69, 9.17) is 0 Å². The predicted molar refractivity (Wildman–Crippen MR) is 114 cm³/mol. The molecule has 29 heavy (non-hydrogen) atoms. The zero-order valence-corrected chi connectivity index (χ0v) is 16.5. The summed E-state index contributed by atoms with van der Waals surface area (Å²) >= 11 is 0. The summed E-state index contributed by atoms with van der Waals surface area (Å²) in [5.41, 5.74) is 5.10. The van der Waals surface area contributed by atoms with Crippen molar-refractivity contribution in [2.45, 2.75) is 12.8 Å². The number of para-hydroxylation sites is 1. The zero-order valence-electron chi connectivity index (χ0n) is 16.5. The summed E-state index contributed by atoms with van der Waals surface area (Å²) in [6.07, 6.45) is 1.33. The molecule has 0 radical (unpaired) electrons. The summed E-state index contributed by atoms with van der Waals surface area (Å²) in [6.45, 7) is 3.02. The highest BCUT2D eigenvalue weighted by atomic mass is 16.2. The van der Waals surface area contributed by atoms with Gasteiger partial charge in [0.2, 0.25) is 5.91 Å². The van der Waals surface area contributed by atoms with Crippen molar-refractivity contribution in [3.8, 4) is 0 Å². The maximum atomic E-state index is 13.1. The number of carbonyl (C=O) groups is 2. The Hall–Kier alpha value is -3.28. The molecule has 6 heteroatoms. The van der Waals surface area contributed by atoms with E-state index in [0.717, 1.165) is 47.5 Å². The minimum atomic E-state index is 0.0886. The van der Waals surface area contributed by atoms with Gasteiger partial charge in [0, 0.05) is 61.9 Å². The molecule has 1 saturated heterocycles. The number of rotatable bonds is 2. The fraction of sp³-hybridized carbons (Fsp3) is 0.304. The fourth-order valence-corrected chi connectivity index (χ4v) is 4.39. The van der Waals surface area contributed by atoms with Gasteiger partial charge < -0.3 is 19.7 Å².